The van der Waals surface area contributed by atoms with E-state index >= 15 is 0 Å². The molecule has 1 aromatic carbocycles. The smallest absolute Gasteiger partial charge is 0.290 e. The number of hydrogen-bond acceptors (Lipinski definition) is 2. The van der Waals surface area contributed by atoms with Crippen LogP contribution in [0.25, 0.3) is 10.9 Å². The standard InChI is InChI=1S/C8H6Cl2N2.CH2O2/c9-4-1-6(10)5-3-8(11)12-7(5)2-4;2-1-3/h1-3,12H,11H2;1H,(H,2,3). The Bertz CT molecular complexity index is 482. The normalized spacial score (nSPS) is 9.47. The summed E-state index contributed by atoms with van der Waals surface area (Å²) in [6, 6.07) is 5.27. The zero-order chi connectivity index (χ0) is 11.4. The molecular formula is C9H8Cl2N2O2. The monoisotopic (exact) mass is 246 g/mol. The molecule has 0 unspecified atom stereocenters. The number of anilines is 1. The molecule has 0 saturated heterocycles. The molecule has 0 bridgehead atoms. The van der Waals surface area contributed by atoms with Crippen LogP contribution >= 0.6 is 23.2 Å². The lowest BCUT2D eigenvalue weighted by Crippen LogP contribution is -1.80. The third-order valence-corrected chi connectivity index (χ3v) is 2.20. The highest BCUT2D eigenvalue weighted by Gasteiger charge is 2.03. The van der Waals surface area contributed by atoms with Gasteiger partial charge < -0.3 is 15.8 Å². The minimum Gasteiger partial charge on any atom is -0.483 e. The van der Waals surface area contributed by atoms with Crippen molar-refractivity contribution in [2.45, 2.75) is 0 Å². The van der Waals surface area contributed by atoms with Crippen molar-refractivity contribution in [1.82, 2.24) is 4.98 Å². The topological polar surface area (TPSA) is 79.1 Å². The van der Waals surface area contributed by atoms with Crippen molar-refractivity contribution in [3.05, 3.63) is 28.2 Å². The molecule has 4 N–H and O–H groups in total. The van der Waals surface area contributed by atoms with Crippen LogP contribution in [0.15, 0.2) is 18.2 Å². The highest BCUT2D eigenvalue weighted by atomic mass is 35.5. The number of halogens is 2. The van der Waals surface area contributed by atoms with E-state index in [4.69, 9.17) is 38.8 Å². The first-order chi connectivity index (χ1) is 7.08. The number of H-pyrrole nitrogens is 1. The quantitative estimate of drug-likeness (QED) is 0.626. The van der Waals surface area contributed by atoms with Crippen LogP contribution in [0.3, 0.4) is 0 Å². The summed E-state index contributed by atoms with van der Waals surface area (Å²) in [5, 5.41) is 9.01. The van der Waals surface area contributed by atoms with Crippen molar-refractivity contribution in [3.8, 4) is 0 Å². The second kappa shape index (κ2) is 4.91. The van der Waals surface area contributed by atoms with Gasteiger partial charge in [-0.1, -0.05) is 23.2 Å². The lowest BCUT2D eigenvalue weighted by atomic mass is 10.2. The highest BCUT2D eigenvalue weighted by molar-refractivity contribution is 6.38. The summed E-state index contributed by atoms with van der Waals surface area (Å²) in [6.45, 7) is -0.250. The summed E-state index contributed by atoms with van der Waals surface area (Å²) >= 11 is 11.7. The third kappa shape index (κ3) is 2.78. The van der Waals surface area contributed by atoms with Crippen molar-refractivity contribution in [3.63, 3.8) is 0 Å². The molecule has 0 radical (unpaired) electrons. The van der Waals surface area contributed by atoms with Gasteiger partial charge in [-0.15, -0.1) is 0 Å². The first-order valence-electron chi connectivity index (χ1n) is 3.89. The Morgan fingerprint density at radius 3 is 2.53 bits per heavy atom. The van der Waals surface area contributed by atoms with Gasteiger partial charge in [-0.3, -0.25) is 4.79 Å². The number of hydrogen-bond donors (Lipinski definition) is 3. The molecule has 0 fully saturated rings. The van der Waals surface area contributed by atoms with Crippen molar-refractivity contribution in [2.75, 3.05) is 5.73 Å². The van der Waals surface area contributed by atoms with Crippen LogP contribution in [0.4, 0.5) is 5.82 Å². The van der Waals surface area contributed by atoms with Gasteiger partial charge in [0.15, 0.2) is 0 Å². The number of nitrogens with one attached hydrogen (secondary N) is 1. The van der Waals surface area contributed by atoms with Crippen molar-refractivity contribution < 1.29 is 9.90 Å². The second-order valence-electron chi connectivity index (χ2n) is 2.68. The molecule has 1 heterocycles. The van der Waals surface area contributed by atoms with Crippen LogP contribution in [-0.2, 0) is 4.79 Å². The average molecular weight is 247 g/mol. The van der Waals surface area contributed by atoms with E-state index in [0.29, 0.717) is 15.9 Å². The summed E-state index contributed by atoms with van der Waals surface area (Å²) in [5.41, 5.74) is 6.42. The first-order valence-corrected chi connectivity index (χ1v) is 4.65. The molecule has 0 aliphatic heterocycles. The van der Waals surface area contributed by atoms with Crippen LogP contribution in [0.5, 0.6) is 0 Å². The minimum absolute atomic E-state index is 0.250. The van der Waals surface area contributed by atoms with Crippen molar-refractivity contribution in [1.29, 1.82) is 0 Å². The fourth-order valence-corrected chi connectivity index (χ4v) is 1.73. The van der Waals surface area contributed by atoms with Gasteiger partial charge in [-0.2, -0.15) is 0 Å². The first kappa shape index (κ1) is 11.7. The summed E-state index contributed by atoms with van der Waals surface area (Å²) in [6.07, 6.45) is 0. The summed E-state index contributed by atoms with van der Waals surface area (Å²) in [7, 11) is 0. The van der Waals surface area contributed by atoms with E-state index in [1.54, 1.807) is 18.2 Å². The summed E-state index contributed by atoms with van der Waals surface area (Å²) in [4.78, 5) is 11.3. The number of aromatic nitrogens is 1. The summed E-state index contributed by atoms with van der Waals surface area (Å²) < 4.78 is 0. The van der Waals surface area contributed by atoms with E-state index in [2.05, 4.69) is 4.98 Å². The molecule has 1 aromatic heterocycles. The Balaban J connectivity index is 0.000000337. The Kier molecular flexibility index (Phi) is 3.82. The Morgan fingerprint density at radius 1 is 1.33 bits per heavy atom. The molecule has 0 atom stereocenters. The predicted octanol–water partition coefficient (Wildman–Crippen LogP) is 2.76. The fraction of sp³-hybridized carbons (Fsp3) is 0. The number of aromatic amines is 1. The van der Waals surface area contributed by atoms with Gasteiger partial charge in [0.1, 0.15) is 5.82 Å². The molecule has 2 rings (SSSR count). The predicted molar refractivity (Wildman–Crippen MR) is 61.4 cm³/mol. The number of nitrogens with two attached hydrogens (primary N) is 1. The van der Waals surface area contributed by atoms with Gasteiger partial charge in [-0.05, 0) is 18.2 Å². The highest BCUT2D eigenvalue weighted by Crippen LogP contribution is 2.28. The third-order valence-electron chi connectivity index (χ3n) is 1.67. The zero-order valence-corrected chi connectivity index (χ0v) is 9.01. The van der Waals surface area contributed by atoms with Crippen LogP contribution in [0.1, 0.15) is 0 Å². The van der Waals surface area contributed by atoms with E-state index in [9.17, 15) is 0 Å². The molecule has 0 amide bonds. The van der Waals surface area contributed by atoms with Gasteiger partial charge in [-0.25, -0.2) is 0 Å². The van der Waals surface area contributed by atoms with Crippen molar-refractivity contribution >= 4 is 46.4 Å². The van der Waals surface area contributed by atoms with Crippen LogP contribution in [0.2, 0.25) is 10.0 Å². The Hall–Kier alpha value is -1.39. The van der Waals surface area contributed by atoms with Gasteiger partial charge in [0, 0.05) is 15.9 Å². The molecular weight excluding hydrogens is 239 g/mol. The SMILES string of the molecule is Nc1cc2c(Cl)cc(Cl)cc2[nH]1.O=CO. The molecule has 0 aliphatic rings. The number of benzene rings is 1. The van der Waals surface area contributed by atoms with Gasteiger partial charge in [0.05, 0.1) is 5.02 Å². The molecule has 80 valence electrons. The molecule has 0 aliphatic carbocycles. The van der Waals surface area contributed by atoms with Gasteiger partial charge in [0.2, 0.25) is 0 Å². The largest absolute Gasteiger partial charge is 0.483 e. The van der Waals surface area contributed by atoms with E-state index in [-0.39, 0.29) is 6.47 Å². The lowest BCUT2D eigenvalue weighted by Gasteiger charge is -1.93. The van der Waals surface area contributed by atoms with E-state index in [1.165, 1.54) is 0 Å². The van der Waals surface area contributed by atoms with Gasteiger partial charge >= 0.3 is 0 Å². The second-order valence-corrected chi connectivity index (χ2v) is 3.52. The van der Waals surface area contributed by atoms with E-state index in [1.807, 2.05) is 0 Å². The van der Waals surface area contributed by atoms with E-state index < -0.39 is 0 Å². The number of fused-ring (bicyclic) bond motifs is 1. The fourth-order valence-electron chi connectivity index (χ4n) is 1.18. The number of rotatable bonds is 0. The Morgan fingerprint density at radius 2 is 1.93 bits per heavy atom. The lowest BCUT2D eigenvalue weighted by molar-refractivity contribution is -0.122. The number of nitrogen functional groups attached to an aromatic ring is 1. The molecule has 0 spiro atoms. The number of carbonyl (C=O) groups is 1. The molecule has 6 heteroatoms. The zero-order valence-electron chi connectivity index (χ0n) is 7.50. The maximum atomic E-state index is 8.36. The molecule has 4 nitrogen and oxygen atoms in total. The summed E-state index contributed by atoms with van der Waals surface area (Å²) in [5.74, 6) is 0.592. The van der Waals surface area contributed by atoms with Crippen LogP contribution < -0.4 is 5.73 Å². The van der Waals surface area contributed by atoms with Crippen LogP contribution in [0, 0.1) is 0 Å². The molecule has 0 saturated carbocycles. The molecule has 2 aromatic rings. The number of carboxylic acid groups (broad SMARTS) is 1. The van der Waals surface area contributed by atoms with Crippen LogP contribution in [-0.4, -0.2) is 16.6 Å². The maximum absolute atomic E-state index is 8.36. The minimum atomic E-state index is -0.250. The van der Waals surface area contributed by atoms with Gasteiger partial charge in [0.25, 0.3) is 6.47 Å². The Labute approximate surface area is 95.6 Å². The maximum Gasteiger partial charge on any atom is 0.290 e. The van der Waals surface area contributed by atoms with Crippen molar-refractivity contribution in [2.24, 2.45) is 0 Å². The molecule has 15 heavy (non-hydrogen) atoms. The van der Waals surface area contributed by atoms with E-state index in [0.717, 1.165) is 10.9 Å². The average Bonchev–Trinajstić information content (AvgIpc) is 2.47.